The van der Waals surface area contributed by atoms with Gasteiger partial charge in [0.25, 0.3) is 5.56 Å². The van der Waals surface area contributed by atoms with Gasteiger partial charge in [-0.25, -0.2) is 9.78 Å². The molecule has 3 atom stereocenters. The highest BCUT2D eigenvalue weighted by atomic mass is 16.2. The fraction of sp³-hybridized carbons (Fsp3) is 0.500. The molecule has 0 bridgehead atoms. The third kappa shape index (κ3) is 4.04. The van der Waals surface area contributed by atoms with Crippen molar-refractivity contribution in [3.63, 3.8) is 0 Å². The fourth-order valence-electron chi connectivity index (χ4n) is 6.06. The molecular formula is C26H32N6O4. The fourth-order valence-corrected chi connectivity index (χ4v) is 6.06. The number of likely N-dealkylation sites (tertiary alicyclic amines) is 1. The molecule has 2 aliphatic rings. The Morgan fingerprint density at radius 2 is 1.89 bits per heavy atom. The van der Waals surface area contributed by atoms with Crippen LogP contribution < -0.4 is 16.6 Å². The van der Waals surface area contributed by atoms with E-state index in [9.17, 15) is 19.2 Å². The maximum absolute atomic E-state index is 13.8. The van der Waals surface area contributed by atoms with Gasteiger partial charge in [-0.3, -0.25) is 23.5 Å². The molecule has 10 heteroatoms. The summed E-state index contributed by atoms with van der Waals surface area (Å²) in [4.78, 5) is 57.5. The van der Waals surface area contributed by atoms with Gasteiger partial charge in [0.05, 0.1) is 17.9 Å². The van der Waals surface area contributed by atoms with Crippen LogP contribution in [0.5, 0.6) is 0 Å². The van der Waals surface area contributed by atoms with Gasteiger partial charge in [0, 0.05) is 39.5 Å². The summed E-state index contributed by atoms with van der Waals surface area (Å²) in [5.41, 5.74) is 0.416. The maximum Gasteiger partial charge on any atom is 0.332 e. The molecule has 36 heavy (non-hydrogen) atoms. The molecule has 3 aromatic rings. The average Bonchev–Trinajstić information content (AvgIpc) is 3.35. The number of carbonyl (C=O) groups is 2. The predicted molar refractivity (Wildman–Crippen MR) is 134 cm³/mol. The van der Waals surface area contributed by atoms with Gasteiger partial charge in [0.15, 0.2) is 11.2 Å². The summed E-state index contributed by atoms with van der Waals surface area (Å²) in [6.07, 6.45) is 5.09. The molecule has 1 aromatic carbocycles. The number of nitrogens with one attached hydrogen (secondary N) is 1. The van der Waals surface area contributed by atoms with Crippen LogP contribution in [0.4, 0.5) is 0 Å². The number of nitrogens with zero attached hydrogens (tertiary/aromatic N) is 5. The van der Waals surface area contributed by atoms with Gasteiger partial charge in [-0.15, -0.1) is 0 Å². The van der Waals surface area contributed by atoms with Gasteiger partial charge < -0.3 is 14.8 Å². The van der Waals surface area contributed by atoms with Crippen molar-refractivity contribution in [1.82, 2.24) is 28.9 Å². The highest BCUT2D eigenvalue weighted by molar-refractivity contribution is 5.80. The molecule has 0 radical (unpaired) electrons. The second-order valence-electron chi connectivity index (χ2n) is 10.3. The lowest BCUT2D eigenvalue weighted by Crippen LogP contribution is -2.54. The zero-order chi connectivity index (χ0) is 25.6. The summed E-state index contributed by atoms with van der Waals surface area (Å²) in [7, 11) is 3.01. The first kappa shape index (κ1) is 24.0. The van der Waals surface area contributed by atoms with E-state index in [1.807, 2.05) is 23.1 Å². The molecule has 2 saturated heterocycles. The molecule has 2 aromatic heterocycles. The van der Waals surface area contributed by atoms with Crippen LogP contribution in [0.1, 0.15) is 44.6 Å². The van der Waals surface area contributed by atoms with E-state index in [1.54, 1.807) is 11.6 Å². The first-order chi connectivity index (χ1) is 17.2. The number of hydrogen-bond donors (Lipinski definition) is 1. The second kappa shape index (κ2) is 9.07. The van der Waals surface area contributed by atoms with E-state index in [4.69, 9.17) is 0 Å². The first-order valence-corrected chi connectivity index (χ1v) is 12.5. The van der Waals surface area contributed by atoms with E-state index in [0.29, 0.717) is 30.4 Å². The van der Waals surface area contributed by atoms with Gasteiger partial charge in [-0.2, -0.15) is 0 Å². The molecular weight excluding hydrogens is 460 g/mol. The Hall–Kier alpha value is -3.69. The van der Waals surface area contributed by atoms with E-state index in [-0.39, 0.29) is 36.9 Å². The minimum absolute atomic E-state index is 0.00991. The maximum atomic E-state index is 13.8. The monoisotopic (exact) mass is 492 g/mol. The number of hydrogen-bond acceptors (Lipinski definition) is 5. The van der Waals surface area contributed by atoms with E-state index >= 15 is 0 Å². The van der Waals surface area contributed by atoms with Crippen LogP contribution in [0.2, 0.25) is 0 Å². The molecule has 10 nitrogen and oxygen atoms in total. The van der Waals surface area contributed by atoms with Crippen molar-refractivity contribution in [2.24, 2.45) is 14.1 Å². The summed E-state index contributed by atoms with van der Waals surface area (Å²) in [5.74, 6) is 0.0309. The molecule has 0 aliphatic carbocycles. The van der Waals surface area contributed by atoms with Crippen molar-refractivity contribution in [1.29, 1.82) is 0 Å². The molecule has 0 spiro atoms. The van der Waals surface area contributed by atoms with E-state index in [2.05, 4.69) is 29.4 Å². The molecule has 1 N–H and O–H groups in total. The topological polar surface area (TPSA) is 111 Å². The summed E-state index contributed by atoms with van der Waals surface area (Å²) in [5, 5.41) is 3.21. The minimum atomic E-state index is -0.474. The molecule has 2 amide bonds. The van der Waals surface area contributed by atoms with Crippen LogP contribution in [0.15, 0.2) is 46.2 Å². The SMILES string of the molecule is Cn1c(=O)c2c(ncn2CCC(=O)N2[C@H](Cc3ccccc3)C[C@]3(C)NC(=O)CCC[C@H]23)n(C)c1=O. The molecule has 0 unspecified atom stereocenters. The van der Waals surface area contributed by atoms with Crippen LogP contribution >= 0.6 is 0 Å². The Morgan fingerprint density at radius 1 is 1.14 bits per heavy atom. The van der Waals surface area contributed by atoms with Gasteiger partial charge in [-0.05, 0) is 38.2 Å². The highest BCUT2D eigenvalue weighted by Gasteiger charge is 2.52. The smallest absolute Gasteiger partial charge is 0.332 e. The van der Waals surface area contributed by atoms with Crippen molar-refractivity contribution in [3.8, 4) is 0 Å². The third-order valence-corrected chi connectivity index (χ3v) is 7.82. The van der Waals surface area contributed by atoms with Crippen LogP contribution in [0.3, 0.4) is 0 Å². The van der Waals surface area contributed by atoms with Crippen LogP contribution in [0.25, 0.3) is 11.2 Å². The molecule has 5 rings (SSSR count). The molecule has 0 saturated carbocycles. The highest BCUT2D eigenvalue weighted by Crippen LogP contribution is 2.39. The Kier molecular flexibility index (Phi) is 6.05. The van der Waals surface area contributed by atoms with E-state index < -0.39 is 16.8 Å². The number of amides is 2. The molecule has 2 fully saturated rings. The average molecular weight is 493 g/mol. The summed E-state index contributed by atoms with van der Waals surface area (Å²) in [6.45, 7) is 2.33. The van der Waals surface area contributed by atoms with Gasteiger partial charge in [0.2, 0.25) is 11.8 Å². The standard InChI is InChI=1S/C26H32N6O4/c1-26-15-18(14-17-8-5-4-6-9-17)32(19(26)10-7-11-20(33)28-26)21(34)12-13-31-16-27-23-22(31)24(35)30(3)25(36)29(23)2/h4-6,8-9,16,18-19H,7,10-15H2,1-3H3,(H,28,33)/t18-,19+,26+/m1/s1. The lowest BCUT2D eigenvalue weighted by Gasteiger charge is -2.35. The van der Waals surface area contributed by atoms with Gasteiger partial charge in [0.1, 0.15) is 0 Å². The number of imidazole rings is 1. The van der Waals surface area contributed by atoms with Gasteiger partial charge >= 0.3 is 5.69 Å². The largest absolute Gasteiger partial charge is 0.349 e. The third-order valence-electron chi connectivity index (χ3n) is 7.82. The molecule has 4 heterocycles. The zero-order valence-electron chi connectivity index (χ0n) is 20.9. The van der Waals surface area contributed by atoms with Crippen molar-refractivity contribution in [2.45, 2.75) is 69.6 Å². The van der Waals surface area contributed by atoms with Crippen molar-refractivity contribution >= 4 is 23.0 Å². The normalized spacial score (nSPS) is 24.0. The van der Waals surface area contributed by atoms with E-state index in [0.717, 1.165) is 23.0 Å². The quantitative estimate of drug-likeness (QED) is 0.573. The van der Waals surface area contributed by atoms with Crippen LogP contribution in [-0.2, 0) is 36.6 Å². The number of rotatable bonds is 5. The first-order valence-electron chi connectivity index (χ1n) is 12.5. The molecule has 190 valence electrons. The minimum Gasteiger partial charge on any atom is -0.349 e. The Labute approximate surface area is 208 Å². The second-order valence-corrected chi connectivity index (χ2v) is 10.3. The number of aromatic nitrogens is 4. The Balaban J connectivity index is 1.43. The van der Waals surface area contributed by atoms with Crippen molar-refractivity contribution in [2.75, 3.05) is 0 Å². The Morgan fingerprint density at radius 3 is 2.64 bits per heavy atom. The summed E-state index contributed by atoms with van der Waals surface area (Å²) < 4.78 is 4.05. The van der Waals surface area contributed by atoms with E-state index in [1.165, 1.54) is 17.9 Å². The number of carbonyl (C=O) groups excluding carboxylic acids is 2. The number of aryl methyl sites for hydroxylation is 2. The van der Waals surface area contributed by atoms with Crippen molar-refractivity contribution < 1.29 is 9.59 Å². The van der Waals surface area contributed by atoms with Gasteiger partial charge in [-0.1, -0.05) is 30.3 Å². The summed E-state index contributed by atoms with van der Waals surface area (Å²) >= 11 is 0. The Bertz CT molecular complexity index is 1440. The van der Waals surface area contributed by atoms with Crippen LogP contribution in [-0.4, -0.2) is 53.0 Å². The molecule has 2 aliphatic heterocycles. The lowest BCUT2D eigenvalue weighted by atomic mass is 9.88. The number of benzene rings is 1. The predicted octanol–water partition coefficient (Wildman–Crippen LogP) is 1.09. The number of fused-ring (bicyclic) bond motifs is 2. The van der Waals surface area contributed by atoms with Crippen LogP contribution in [0, 0.1) is 0 Å². The lowest BCUT2D eigenvalue weighted by molar-refractivity contribution is -0.135. The zero-order valence-corrected chi connectivity index (χ0v) is 20.9. The van der Waals surface area contributed by atoms with Crippen molar-refractivity contribution in [3.05, 3.63) is 63.1 Å². The summed E-state index contributed by atoms with van der Waals surface area (Å²) in [6, 6.07) is 9.97.